The second-order valence-corrected chi connectivity index (χ2v) is 7.07. The lowest BCUT2D eigenvalue weighted by Crippen LogP contribution is -2.47. The molecule has 3 rings (SSSR count). The monoisotopic (exact) mass is 346 g/mol. The molecule has 0 aliphatic carbocycles. The van der Waals surface area contributed by atoms with Crippen LogP contribution in [0.1, 0.15) is 49.9 Å². The molecule has 0 bridgehead atoms. The van der Waals surface area contributed by atoms with Crippen molar-refractivity contribution in [2.75, 3.05) is 39.4 Å². The predicted octanol–water partition coefficient (Wildman–Crippen LogP) is 3.09. The van der Waals surface area contributed by atoms with Crippen molar-refractivity contribution in [1.82, 2.24) is 10.2 Å². The van der Waals surface area contributed by atoms with Gasteiger partial charge in [0.05, 0.1) is 13.2 Å². The smallest absolute Gasteiger partial charge is 0.253 e. The number of amides is 1. The minimum absolute atomic E-state index is 0.104. The van der Waals surface area contributed by atoms with Gasteiger partial charge >= 0.3 is 0 Å². The highest BCUT2D eigenvalue weighted by molar-refractivity contribution is 5.95. The van der Waals surface area contributed by atoms with E-state index >= 15 is 0 Å². The molecule has 5 nitrogen and oxygen atoms in total. The van der Waals surface area contributed by atoms with Crippen molar-refractivity contribution in [2.45, 2.75) is 39.5 Å². The summed E-state index contributed by atoms with van der Waals surface area (Å²) in [6.45, 7) is 8.96. The van der Waals surface area contributed by atoms with Crippen molar-refractivity contribution in [3.05, 3.63) is 23.8 Å². The fraction of sp³-hybridized carbons (Fsp3) is 0.650. The van der Waals surface area contributed by atoms with Crippen LogP contribution in [0.3, 0.4) is 0 Å². The van der Waals surface area contributed by atoms with Crippen LogP contribution >= 0.6 is 0 Å². The lowest BCUT2D eigenvalue weighted by atomic mass is 9.71. The molecule has 2 aliphatic rings. The molecule has 0 atom stereocenters. The predicted molar refractivity (Wildman–Crippen MR) is 98.5 cm³/mol. The van der Waals surface area contributed by atoms with E-state index < -0.39 is 0 Å². The maximum absolute atomic E-state index is 12.9. The van der Waals surface area contributed by atoms with Crippen molar-refractivity contribution in [3.8, 4) is 11.5 Å². The van der Waals surface area contributed by atoms with Gasteiger partial charge in [-0.05, 0) is 76.2 Å². The van der Waals surface area contributed by atoms with Gasteiger partial charge in [0.1, 0.15) is 0 Å². The molecule has 1 spiro atoms. The highest BCUT2D eigenvalue weighted by Gasteiger charge is 2.36. The Bertz CT molecular complexity index is 587. The van der Waals surface area contributed by atoms with E-state index in [-0.39, 0.29) is 5.91 Å². The standard InChI is InChI=1S/C20H30N2O3/c1-3-24-17-6-5-16(15-18(17)25-4-2)19(23)22-13-9-20(10-14-22)7-11-21-12-8-20/h5-6,15,21H,3-4,7-14H2,1-2H3. The number of carbonyl (C=O) groups is 1. The van der Waals surface area contributed by atoms with Crippen molar-refractivity contribution in [3.63, 3.8) is 0 Å². The number of likely N-dealkylation sites (tertiary alicyclic amines) is 1. The minimum Gasteiger partial charge on any atom is -0.490 e. The average molecular weight is 346 g/mol. The highest BCUT2D eigenvalue weighted by Crippen LogP contribution is 2.40. The molecule has 5 heteroatoms. The van der Waals surface area contributed by atoms with Gasteiger partial charge < -0.3 is 19.7 Å². The molecule has 2 heterocycles. The topological polar surface area (TPSA) is 50.8 Å². The summed E-state index contributed by atoms with van der Waals surface area (Å²) in [5.41, 5.74) is 1.14. The Labute approximate surface area is 150 Å². The summed E-state index contributed by atoms with van der Waals surface area (Å²) in [7, 11) is 0. The molecule has 2 aliphatic heterocycles. The molecular formula is C20H30N2O3. The molecular weight excluding hydrogens is 316 g/mol. The van der Waals surface area contributed by atoms with E-state index in [4.69, 9.17) is 9.47 Å². The van der Waals surface area contributed by atoms with Crippen molar-refractivity contribution < 1.29 is 14.3 Å². The third kappa shape index (κ3) is 4.09. The van der Waals surface area contributed by atoms with Crippen LogP contribution in [0.5, 0.6) is 11.5 Å². The Morgan fingerprint density at radius 3 is 2.32 bits per heavy atom. The molecule has 138 valence electrons. The number of carbonyl (C=O) groups excluding carboxylic acids is 1. The largest absolute Gasteiger partial charge is 0.490 e. The fourth-order valence-corrected chi connectivity index (χ4v) is 4.01. The fourth-order valence-electron chi connectivity index (χ4n) is 4.01. The van der Waals surface area contributed by atoms with Gasteiger partial charge in [0.15, 0.2) is 11.5 Å². The van der Waals surface area contributed by atoms with E-state index in [2.05, 4.69) is 5.32 Å². The van der Waals surface area contributed by atoms with Gasteiger partial charge in [0, 0.05) is 18.7 Å². The molecule has 2 saturated heterocycles. The third-order valence-electron chi connectivity index (χ3n) is 5.57. The van der Waals surface area contributed by atoms with E-state index in [9.17, 15) is 4.79 Å². The van der Waals surface area contributed by atoms with Gasteiger partial charge in [0.2, 0.25) is 0 Å². The maximum atomic E-state index is 12.9. The molecule has 0 aromatic heterocycles. The number of rotatable bonds is 5. The summed E-state index contributed by atoms with van der Waals surface area (Å²) in [6.07, 6.45) is 4.73. The SMILES string of the molecule is CCOc1ccc(C(=O)N2CCC3(CCNCC3)CC2)cc1OCC. The summed E-state index contributed by atoms with van der Waals surface area (Å²) in [5.74, 6) is 1.46. The summed E-state index contributed by atoms with van der Waals surface area (Å²) in [6, 6.07) is 5.52. The second kappa shape index (κ2) is 8.09. The third-order valence-corrected chi connectivity index (χ3v) is 5.57. The number of nitrogens with one attached hydrogen (secondary N) is 1. The van der Waals surface area contributed by atoms with Crippen LogP contribution in [0.2, 0.25) is 0 Å². The van der Waals surface area contributed by atoms with Crippen LogP contribution < -0.4 is 14.8 Å². The van der Waals surface area contributed by atoms with Gasteiger partial charge in [-0.3, -0.25) is 4.79 Å². The van der Waals surface area contributed by atoms with Crippen molar-refractivity contribution in [1.29, 1.82) is 0 Å². The first-order valence-electron chi connectivity index (χ1n) is 9.57. The molecule has 2 fully saturated rings. The first-order chi connectivity index (χ1) is 12.2. The summed E-state index contributed by atoms with van der Waals surface area (Å²) in [5, 5.41) is 3.44. The van der Waals surface area contributed by atoms with E-state index in [0.717, 1.165) is 39.0 Å². The van der Waals surface area contributed by atoms with E-state index in [1.807, 2.05) is 36.9 Å². The van der Waals surface area contributed by atoms with E-state index in [1.165, 1.54) is 12.8 Å². The zero-order valence-electron chi connectivity index (χ0n) is 15.5. The van der Waals surface area contributed by atoms with Crippen LogP contribution in [-0.4, -0.2) is 50.2 Å². The van der Waals surface area contributed by atoms with Crippen LogP contribution in [0.25, 0.3) is 0 Å². The molecule has 1 amide bonds. The van der Waals surface area contributed by atoms with Gasteiger partial charge in [-0.15, -0.1) is 0 Å². The van der Waals surface area contributed by atoms with Crippen LogP contribution in [-0.2, 0) is 0 Å². The lowest BCUT2D eigenvalue weighted by Gasteiger charge is -2.44. The Morgan fingerprint density at radius 1 is 1.04 bits per heavy atom. The molecule has 0 unspecified atom stereocenters. The highest BCUT2D eigenvalue weighted by atomic mass is 16.5. The molecule has 1 aromatic carbocycles. The number of nitrogens with zero attached hydrogens (tertiary/aromatic N) is 1. The molecule has 1 N–H and O–H groups in total. The zero-order valence-corrected chi connectivity index (χ0v) is 15.5. The second-order valence-electron chi connectivity index (χ2n) is 7.07. The number of piperidine rings is 2. The van der Waals surface area contributed by atoms with E-state index in [0.29, 0.717) is 35.7 Å². The minimum atomic E-state index is 0.104. The lowest BCUT2D eigenvalue weighted by molar-refractivity contribution is 0.0495. The Balaban J connectivity index is 1.67. The van der Waals surface area contributed by atoms with E-state index in [1.54, 1.807) is 0 Å². The number of benzene rings is 1. The Hall–Kier alpha value is -1.75. The average Bonchev–Trinajstić information content (AvgIpc) is 2.64. The van der Waals surface area contributed by atoms with Crippen LogP contribution in [0, 0.1) is 5.41 Å². The van der Waals surface area contributed by atoms with Crippen molar-refractivity contribution in [2.24, 2.45) is 5.41 Å². The number of hydrogen-bond donors (Lipinski definition) is 1. The van der Waals surface area contributed by atoms with Gasteiger partial charge in [0.25, 0.3) is 5.91 Å². The number of ether oxygens (including phenoxy) is 2. The number of hydrogen-bond acceptors (Lipinski definition) is 4. The Morgan fingerprint density at radius 2 is 1.68 bits per heavy atom. The quantitative estimate of drug-likeness (QED) is 0.890. The van der Waals surface area contributed by atoms with Crippen LogP contribution in [0.15, 0.2) is 18.2 Å². The molecule has 0 radical (unpaired) electrons. The molecule has 0 saturated carbocycles. The zero-order chi connectivity index (χ0) is 17.7. The van der Waals surface area contributed by atoms with Gasteiger partial charge in [-0.25, -0.2) is 0 Å². The maximum Gasteiger partial charge on any atom is 0.253 e. The van der Waals surface area contributed by atoms with Gasteiger partial charge in [-0.1, -0.05) is 0 Å². The first kappa shape index (κ1) is 18.1. The summed E-state index contributed by atoms with van der Waals surface area (Å²) >= 11 is 0. The first-order valence-corrected chi connectivity index (χ1v) is 9.57. The van der Waals surface area contributed by atoms with Crippen LogP contribution in [0.4, 0.5) is 0 Å². The molecule has 25 heavy (non-hydrogen) atoms. The molecule has 1 aromatic rings. The Kier molecular flexibility index (Phi) is 5.84. The van der Waals surface area contributed by atoms with Crippen molar-refractivity contribution >= 4 is 5.91 Å². The van der Waals surface area contributed by atoms with Gasteiger partial charge in [-0.2, -0.15) is 0 Å². The summed E-state index contributed by atoms with van der Waals surface area (Å²) in [4.78, 5) is 14.9. The normalized spacial score (nSPS) is 19.7. The summed E-state index contributed by atoms with van der Waals surface area (Å²) < 4.78 is 11.2.